The second-order valence-corrected chi connectivity index (χ2v) is 5.79. The zero-order chi connectivity index (χ0) is 14.5. The highest BCUT2D eigenvalue weighted by Gasteiger charge is 2.05. The summed E-state index contributed by atoms with van der Waals surface area (Å²) in [5, 5.41) is 0.513. The average Bonchev–Trinajstić information content (AvgIpc) is 2.43. The molecule has 0 atom stereocenters. The summed E-state index contributed by atoms with van der Waals surface area (Å²) < 4.78 is 0.997. The van der Waals surface area contributed by atoms with E-state index in [1.807, 2.05) is 68.4 Å². The van der Waals surface area contributed by atoms with E-state index in [9.17, 15) is 0 Å². The largest absolute Gasteiger partial charge is 0.241 e. The van der Waals surface area contributed by atoms with Gasteiger partial charge in [-0.05, 0) is 43.2 Å². The van der Waals surface area contributed by atoms with E-state index in [0.717, 1.165) is 26.9 Å². The Balaban J connectivity index is 2.82. The predicted octanol–water partition coefficient (Wildman–Crippen LogP) is 5.91. The van der Waals surface area contributed by atoms with Crippen LogP contribution >= 0.6 is 27.5 Å². The van der Waals surface area contributed by atoms with Gasteiger partial charge >= 0.3 is 0 Å². The molecule has 0 spiro atoms. The molecular weight excluding hydrogens is 334 g/mol. The number of hydrogen-bond donors (Lipinski definition) is 0. The van der Waals surface area contributed by atoms with Gasteiger partial charge in [0.05, 0.1) is 0 Å². The van der Waals surface area contributed by atoms with Crippen LogP contribution in [0.15, 0.2) is 59.1 Å². The zero-order valence-corrected chi connectivity index (χ0v) is 13.7. The Kier molecular flexibility index (Phi) is 5.16. The standard InChI is InChI=1S/C17H15BrClN/c1-12-8-10-15(18)11-9-13(2)20-17(19)16(12)14-6-4-3-5-7-14/h3-11H,1-2H3. The van der Waals surface area contributed by atoms with Gasteiger partial charge in [-0.25, -0.2) is 4.98 Å². The third kappa shape index (κ3) is 3.81. The number of halogens is 2. The lowest BCUT2D eigenvalue weighted by Gasteiger charge is -2.05. The average molecular weight is 349 g/mol. The van der Waals surface area contributed by atoms with Crippen molar-refractivity contribution in [2.75, 3.05) is 0 Å². The monoisotopic (exact) mass is 347 g/mol. The summed E-state index contributed by atoms with van der Waals surface area (Å²) in [6, 6.07) is 18.0. The molecule has 3 heteroatoms. The second kappa shape index (κ2) is 6.87. The molecule has 1 heterocycles. The molecule has 0 amide bonds. The highest BCUT2D eigenvalue weighted by molar-refractivity contribution is 9.10. The van der Waals surface area contributed by atoms with E-state index < -0.39 is 0 Å². The molecule has 0 aliphatic carbocycles. The number of rotatable bonds is 1. The summed E-state index contributed by atoms with van der Waals surface area (Å²) in [6.07, 6.45) is 0. The number of aromatic nitrogens is 1. The smallest absolute Gasteiger partial charge is 0.137 e. The van der Waals surface area contributed by atoms with Gasteiger partial charge < -0.3 is 0 Å². The Morgan fingerprint density at radius 1 is 0.900 bits per heavy atom. The second-order valence-electron chi connectivity index (χ2n) is 4.52. The van der Waals surface area contributed by atoms with Crippen LogP contribution in [0, 0.1) is 13.8 Å². The van der Waals surface area contributed by atoms with Crippen LogP contribution in [0.2, 0.25) is 5.15 Å². The first-order valence-electron chi connectivity index (χ1n) is 6.31. The fourth-order valence-corrected chi connectivity index (χ4v) is 2.56. The molecule has 1 aromatic heterocycles. The fraction of sp³-hybridized carbons (Fsp3) is 0.118. The first-order chi connectivity index (χ1) is 9.58. The van der Waals surface area contributed by atoms with E-state index in [4.69, 9.17) is 11.6 Å². The Labute approximate surface area is 133 Å². The van der Waals surface area contributed by atoms with Crippen LogP contribution < -0.4 is 0 Å². The highest BCUT2D eigenvalue weighted by atomic mass is 79.9. The van der Waals surface area contributed by atoms with Gasteiger partial charge in [-0.1, -0.05) is 63.9 Å². The summed E-state index contributed by atoms with van der Waals surface area (Å²) in [6.45, 7) is 3.97. The van der Waals surface area contributed by atoms with E-state index in [0.29, 0.717) is 5.15 Å². The molecule has 1 aromatic carbocycles. The molecule has 0 radical (unpaired) electrons. The molecule has 2 aromatic rings. The normalized spacial score (nSPS) is 10.0. The van der Waals surface area contributed by atoms with Crippen molar-refractivity contribution in [2.24, 2.45) is 0 Å². The Bertz CT molecular complexity index is 667. The van der Waals surface area contributed by atoms with Gasteiger partial charge in [0.1, 0.15) is 5.15 Å². The number of benzene rings is 1. The van der Waals surface area contributed by atoms with Crippen molar-refractivity contribution in [3.63, 3.8) is 0 Å². The van der Waals surface area contributed by atoms with Gasteiger partial charge in [-0.15, -0.1) is 0 Å². The molecule has 1 nitrogen and oxygen atoms in total. The van der Waals surface area contributed by atoms with E-state index in [1.165, 1.54) is 0 Å². The molecule has 2 rings (SSSR count). The fourth-order valence-electron chi connectivity index (χ4n) is 1.91. The van der Waals surface area contributed by atoms with Crippen LogP contribution in [0.25, 0.3) is 11.1 Å². The quantitative estimate of drug-likeness (QED) is 0.624. The van der Waals surface area contributed by atoms with Crippen LogP contribution in [0.1, 0.15) is 11.3 Å². The van der Waals surface area contributed by atoms with Crippen molar-refractivity contribution < 1.29 is 0 Å². The molecule has 0 aliphatic heterocycles. The summed E-state index contributed by atoms with van der Waals surface area (Å²) >= 11 is 9.94. The minimum Gasteiger partial charge on any atom is -0.241 e. The molecule has 102 valence electrons. The van der Waals surface area contributed by atoms with E-state index >= 15 is 0 Å². The van der Waals surface area contributed by atoms with Gasteiger partial charge in [0.15, 0.2) is 0 Å². The highest BCUT2D eigenvalue weighted by Crippen LogP contribution is 2.28. The summed E-state index contributed by atoms with van der Waals surface area (Å²) in [5.41, 5.74) is 3.96. The first-order valence-corrected chi connectivity index (χ1v) is 7.48. The Morgan fingerprint density at radius 2 is 1.55 bits per heavy atom. The Morgan fingerprint density at radius 3 is 2.25 bits per heavy atom. The molecular formula is C17H15BrClN. The van der Waals surface area contributed by atoms with Crippen molar-refractivity contribution in [1.82, 2.24) is 4.98 Å². The van der Waals surface area contributed by atoms with Crippen LogP contribution in [0.4, 0.5) is 0 Å². The molecule has 0 saturated heterocycles. The van der Waals surface area contributed by atoms with Crippen molar-refractivity contribution >= 4 is 27.5 Å². The minimum absolute atomic E-state index is 0.513. The molecule has 0 unspecified atom stereocenters. The molecule has 0 N–H and O–H groups in total. The third-order valence-electron chi connectivity index (χ3n) is 2.91. The topological polar surface area (TPSA) is 12.9 Å². The summed E-state index contributed by atoms with van der Waals surface area (Å²) in [7, 11) is 0. The van der Waals surface area contributed by atoms with E-state index in [-0.39, 0.29) is 0 Å². The predicted molar refractivity (Wildman–Crippen MR) is 89.5 cm³/mol. The van der Waals surface area contributed by atoms with Crippen molar-refractivity contribution in [2.45, 2.75) is 13.8 Å². The van der Waals surface area contributed by atoms with Crippen LogP contribution in [-0.4, -0.2) is 4.98 Å². The lowest BCUT2D eigenvalue weighted by molar-refractivity contribution is 1.21. The van der Waals surface area contributed by atoms with Crippen molar-refractivity contribution in [1.29, 1.82) is 0 Å². The maximum absolute atomic E-state index is 6.43. The molecule has 0 aliphatic rings. The number of hydrogen-bond acceptors (Lipinski definition) is 1. The molecule has 0 fully saturated rings. The lowest BCUT2D eigenvalue weighted by atomic mass is 10.0. The van der Waals surface area contributed by atoms with Crippen LogP contribution in [0.5, 0.6) is 0 Å². The zero-order valence-electron chi connectivity index (χ0n) is 11.4. The molecule has 0 saturated carbocycles. The Hall–Kier alpha value is -1.38. The summed E-state index contributed by atoms with van der Waals surface area (Å²) in [4.78, 5) is 4.47. The van der Waals surface area contributed by atoms with Gasteiger partial charge in [-0.2, -0.15) is 0 Å². The van der Waals surface area contributed by atoms with E-state index in [1.54, 1.807) is 0 Å². The number of nitrogens with zero attached hydrogens (tertiary/aromatic N) is 1. The maximum Gasteiger partial charge on any atom is 0.137 e. The first kappa shape index (κ1) is 15.0. The van der Waals surface area contributed by atoms with Crippen LogP contribution in [-0.2, 0) is 0 Å². The van der Waals surface area contributed by atoms with Crippen LogP contribution in [0.3, 0.4) is 0 Å². The van der Waals surface area contributed by atoms with E-state index in [2.05, 4.69) is 20.9 Å². The lowest BCUT2D eigenvalue weighted by Crippen LogP contribution is -1.86. The maximum atomic E-state index is 6.43. The minimum atomic E-state index is 0.513. The van der Waals surface area contributed by atoms with Gasteiger partial charge in [0, 0.05) is 15.7 Å². The van der Waals surface area contributed by atoms with Gasteiger partial charge in [-0.3, -0.25) is 0 Å². The SMILES string of the molecule is Cc1ccc(Br)ccc(C)c(-c2ccccc2)c(Cl)n1. The molecule has 20 heavy (non-hydrogen) atoms. The molecule has 0 bridgehead atoms. The van der Waals surface area contributed by atoms with Crippen molar-refractivity contribution in [3.05, 3.63) is 75.5 Å². The van der Waals surface area contributed by atoms with Gasteiger partial charge in [0.2, 0.25) is 0 Å². The number of aryl methyl sites for hydroxylation is 2. The van der Waals surface area contributed by atoms with Gasteiger partial charge in [0.25, 0.3) is 0 Å². The third-order valence-corrected chi connectivity index (χ3v) is 3.72. The summed E-state index contributed by atoms with van der Waals surface area (Å²) in [5.74, 6) is 0. The van der Waals surface area contributed by atoms with Crippen molar-refractivity contribution in [3.8, 4) is 11.1 Å².